The third kappa shape index (κ3) is 6.34. The molecule has 3 N–H and O–H groups in total. The van der Waals surface area contributed by atoms with Gasteiger partial charge in [0, 0.05) is 32.0 Å². The van der Waals surface area contributed by atoms with Crippen LogP contribution in [-0.2, 0) is 0 Å². The summed E-state index contributed by atoms with van der Waals surface area (Å²) < 4.78 is 0. The second kappa shape index (κ2) is 9.40. The van der Waals surface area contributed by atoms with E-state index in [0.717, 1.165) is 6.42 Å². The summed E-state index contributed by atoms with van der Waals surface area (Å²) in [5.41, 5.74) is 1.29. The molecular formula is C17H23N5O. The van der Waals surface area contributed by atoms with Gasteiger partial charge < -0.3 is 16.0 Å². The fourth-order valence-electron chi connectivity index (χ4n) is 2.17. The molecule has 0 saturated carbocycles. The molecule has 1 heterocycles. The van der Waals surface area contributed by atoms with E-state index in [0.29, 0.717) is 31.4 Å². The quantitative estimate of drug-likeness (QED) is 0.654. The lowest BCUT2D eigenvalue weighted by Gasteiger charge is -2.13. The number of hydrogen-bond acceptors (Lipinski definition) is 4. The molecular weight excluding hydrogens is 290 g/mol. The van der Waals surface area contributed by atoms with E-state index in [4.69, 9.17) is 0 Å². The zero-order valence-electron chi connectivity index (χ0n) is 13.3. The molecule has 0 saturated heterocycles. The topological polar surface area (TPSA) is 78.9 Å². The van der Waals surface area contributed by atoms with Crippen molar-refractivity contribution in [1.29, 1.82) is 0 Å². The molecule has 23 heavy (non-hydrogen) atoms. The van der Waals surface area contributed by atoms with Crippen LogP contribution in [0.3, 0.4) is 0 Å². The Bertz CT molecular complexity index is 576. The van der Waals surface area contributed by atoms with Crippen LogP contribution in [0.2, 0.25) is 0 Å². The molecule has 122 valence electrons. The largest absolute Gasteiger partial charge is 0.367 e. The number of aromatic nitrogens is 2. The minimum Gasteiger partial charge on any atom is -0.367 e. The van der Waals surface area contributed by atoms with Crippen molar-refractivity contribution in [1.82, 2.24) is 20.6 Å². The normalized spacial score (nSPS) is 11.5. The van der Waals surface area contributed by atoms with Gasteiger partial charge in [-0.3, -0.25) is 4.98 Å². The van der Waals surface area contributed by atoms with E-state index in [2.05, 4.69) is 45.0 Å². The molecule has 1 atom stereocenters. The smallest absolute Gasteiger partial charge is 0.314 e. The molecule has 1 aromatic carbocycles. The van der Waals surface area contributed by atoms with Crippen LogP contribution >= 0.6 is 0 Å². The van der Waals surface area contributed by atoms with E-state index >= 15 is 0 Å². The van der Waals surface area contributed by atoms with Crippen molar-refractivity contribution < 1.29 is 4.79 Å². The first-order valence-electron chi connectivity index (χ1n) is 7.82. The van der Waals surface area contributed by atoms with Gasteiger partial charge in [0.15, 0.2) is 0 Å². The summed E-state index contributed by atoms with van der Waals surface area (Å²) in [7, 11) is 0. The van der Waals surface area contributed by atoms with Crippen molar-refractivity contribution in [3.8, 4) is 0 Å². The molecule has 0 fully saturated rings. The van der Waals surface area contributed by atoms with Crippen LogP contribution in [-0.4, -0.2) is 35.6 Å². The van der Waals surface area contributed by atoms with E-state index in [-0.39, 0.29) is 6.03 Å². The standard InChI is InChI=1S/C17H23N5O/c1-14(15-5-3-2-4-6-15)7-8-21-17(23)22-12-11-20-16-13-18-9-10-19-16/h2-6,9-10,13-14H,7-8,11-12H2,1H3,(H,19,20)(H2,21,22,23)/t14-/m0/s1. The molecule has 0 aliphatic heterocycles. The van der Waals surface area contributed by atoms with E-state index in [1.807, 2.05) is 18.2 Å². The van der Waals surface area contributed by atoms with Crippen LogP contribution in [0.1, 0.15) is 24.8 Å². The minimum atomic E-state index is -0.147. The summed E-state index contributed by atoms with van der Waals surface area (Å²) in [4.78, 5) is 19.7. The van der Waals surface area contributed by atoms with Crippen molar-refractivity contribution in [2.75, 3.05) is 25.0 Å². The van der Waals surface area contributed by atoms with Crippen LogP contribution in [0, 0.1) is 0 Å². The highest BCUT2D eigenvalue weighted by Gasteiger charge is 2.05. The summed E-state index contributed by atoms with van der Waals surface area (Å²) in [5, 5.41) is 8.76. The summed E-state index contributed by atoms with van der Waals surface area (Å²) in [6, 6.07) is 10.2. The number of anilines is 1. The van der Waals surface area contributed by atoms with E-state index < -0.39 is 0 Å². The number of carbonyl (C=O) groups excluding carboxylic acids is 1. The van der Waals surface area contributed by atoms with Crippen molar-refractivity contribution in [3.05, 3.63) is 54.5 Å². The summed E-state index contributed by atoms with van der Waals surface area (Å²) in [6.07, 6.45) is 5.80. The molecule has 0 unspecified atom stereocenters. The third-order valence-corrected chi connectivity index (χ3v) is 3.51. The molecule has 2 aromatic rings. The van der Waals surface area contributed by atoms with Gasteiger partial charge in [0.1, 0.15) is 5.82 Å². The zero-order valence-corrected chi connectivity index (χ0v) is 13.3. The molecule has 6 heteroatoms. The fraction of sp³-hybridized carbons (Fsp3) is 0.353. The van der Waals surface area contributed by atoms with Gasteiger partial charge in [-0.15, -0.1) is 0 Å². The van der Waals surface area contributed by atoms with Crippen LogP contribution in [0.15, 0.2) is 48.9 Å². The Balaban J connectivity index is 1.55. The van der Waals surface area contributed by atoms with Gasteiger partial charge in [-0.05, 0) is 17.9 Å². The number of carbonyl (C=O) groups is 1. The Morgan fingerprint density at radius 3 is 2.61 bits per heavy atom. The molecule has 0 spiro atoms. The lowest BCUT2D eigenvalue weighted by molar-refractivity contribution is 0.241. The maximum Gasteiger partial charge on any atom is 0.314 e. The molecule has 0 radical (unpaired) electrons. The molecule has 1 aromatic heterocycles. The van der Waals surface area contributed by atoms with Crippen molar-refractivity contribution in [2.24, 2.45) is 0 Å². The van der Waals surface area contributed by atoms with Crippen LogP contribution in [0.25, 0.3) is 0 Å². The van der Waals surface area contributed by atoms with E-state index in [1.54, 1.807) is 18.6 Å². The predicted molar refractivity (Wildman–Crippen MR) is 91.4 cm³/mol. The van der Waals surface area contributed by atoms with Gasteiger partial charge in [-0.25, -0.2) is 9.78 Å². The maximum atomic E-state index is 11.7. The van der Waals surface area contributed by atoms with E-state index in [9.17, 15) is 4.79 Å². The predicted octanol–water partition coefficient (Wildman–Crippen LogP) is 2.38. The minimum absolute atomic E-state index is 0.147. The van der Waals surface area contributed by atoms with Crippen LogP contribution < -0.4 is 16.0 Å². The van der Waals surface area contributed by atoms with Gasteiger partial charge in [0.05, 0.1) is 6.20 Å². The lowest BCUT2D eigenvalue weighted by atomic mass is 9.98. The molecule has 2 amide bonds. The highest BCUT2D eigenvalue weighted by atomic mass is 16.2. The maximum absolute atomic E-state index is 11.7. The van der Waals surface area contributed by atoms with Gasteiger partial charge in [-0.1, -0.05) is 37.3 Å². The second-order valence-electron chi connectivity index (χ2n) is 5.30. The van der Waals surface area contributed by atoms with E-state index in [1.165, 1.54) is 5.56 Å². The Labute approximate surface area is 136 Å². The highest BCUT2D eigenvalue weighted by molar-refractivity contribution is 5.73. The second-order valence-corrected chi connectivity index (χ2v) is 5.30. The zero-order chi connectivity index (χ0) is 16.3. The Kier molecular flexibility index (Phi) is 6.84. The van der Waals surface area contributed by atoms with Gasteiger partial charge in [0.25, 0.3) is 0 Å². The number of hydrogen-bond donors (Lipinski definition) is 3. The number of benzene rings is 1. The average molecular weight is 313 g/mol. The van der Waals surface area contributed by atoms with Crippen molar-refractivity contribution in [3.63, 3.8) is 0 Å². The summed E-state index contributed by atoms with van der Waals surface area (Å²) in [5.74, 6) is 1.13. The number of nitrogens with zero attached hydrogens (tertiary/aromatic N) is 2. The number of nitrogens with one attached hydrogen (secondary N) is 3. The van der Waals surface area contributed by atoms with Gasteiger partial charge >= 0.3 is 6.03 Å². The SMILES string of the molecule is C[C@@H](CCNC(=O)NCCNc1cnccn1)c1ccccc1. The number of amides is 2. The van der Waals surface area contributed by atoms with Crippen molar-refractivity contribution >= 4 is 11.8 Å². The molecule has 0 bridgehead atoms. The molecule has 6 nitrogen and oxygen atoms in total. The first-order valence-corrected chi connectivity index (χ1v) is 7.82. The Morgan fingerprint density at radius 2 is 1.87 bits per heavy atom. The molecule has 0 aliphatic carbocycles. The number of urea groups is 1. The molecule has 2 rings (SSSR count). The monoisotopic (exact) mass is 313 g/mol. The molecule has 0 aliphatic rings. The third-order valence-electron chi connectivity index (χ3n) is 3.51. The first-order chi connectivity index (χ1) is 11.3. The highest BCUT2D eigenvalue weighted by Crippen LogP contribution is 2.17. The van der Waals surface area contributed by atoms with Crippen LogP contribution in [0.5, 0.6) is 0 Å². The first kappa shape index (κ1) is 16.7. The fourth-order valence-corrected chi connectivity index (χ4v) is 2.17. The lowest BCUT2D eigenvalue weighted by Crippen LogP contribution is -2.38. The summed E-state index contributed by atoms with van der Waals surface area (Å²) in [6.45, 7) is 3.95. The van der Waals surface area contributed by atoms with Gasteiger partial charge in [0.2, 0.25) is 0 Å². The van der Waals surface area contributed by atoms with Gasteiger partial charge in [-0.2, -0.15) is 0 Å². The average Bonchev–Trinajstić information content (AvgIpc) is 2.60. The summed E-state index contributed by atoms with van der Waals surface area (Å²) >= 11 is 0. The van der Waals surface area contributed by atoms with Crippen molar-refractivity contribution in [2.45, 2.75) is 19.3 Å². The Morgan fingerprint density at radius 1 is 1.09 bits per heavy atom. The van der Waals surface area contributed by atoms with Crippen LogP contribution in [0.4, 0.5) is 10.6 Å². The number of rotatable bonds is 8. The Hall–Kier alpha value is -2.63.